The number of aromatic nitrogens is 3. The Labute approximate surface area is 182 Å². The van der Waals surface area contributed by atoms with Crippen LogP contribution in [0.25, 0.3) is 0 Å². The van der Waals surface area contributed by atoms with Gasteiger partial charge in [-0.3, -0.25) is 9.78 Å². The van der Waals surface area contributed by atoms with Crippen molar-refractivity contribution in [3.8, 4) is 0 Å². The summed E-state index contributed by atoms with van der Waals surface area (Å²) >= 11 is 0. The van der Waals surface area contributed by atoms with E-state index in [0.29, 0.717) is 48.8 Å². The van der Waals surface area contributed by atoms with Crippen LogP contribution in [0.2, 0.25) is 0 Å². The fraction of sp³-hybridized carbons (Fsp3) is 0.364. The van der Waals surface area contributed by atoms with Gasteiger partial charge in [-0.2, -0.15) is 13.2 Å². The number of aryl methyl sites for hydroxylation is 1. The van der Waals surface area contributed by atoms with Gasteiger partial charge in [0.05, 0.1) is 30.8 Å². The molecule has 1 fully saturated rings. The molecular formula is C22H21F3N4O3. The van der Waals surface area contributed by atoms with Crippen molar-refractivity contribution in [1.29, 1.82) is 0 Å². The van der Waals surface area contributed by atoms with Crippen LogP contribution in [0.4, 0.5) is 13.2 Å². The molecule has 3 heterocycles. The highest BCUT2D eigenvalue weighted by atomic mass is 19.4. The van der Waals surface area contributed by atoms with Gasteiger partial charge >= 0.3 is 6.18 Å². The molecule has 0 radical (unpaired) electrons. The first-order valence-electron chi connectivity index (χ1n) is 10.1. The Bertz CT molecular complexity index is 1080. The van der Waals surface area contributed by atoms with E-state index < -0.39 is 11.7 Å². The molecule has 10 heteroatoms. The maximum Gasteiger partial charge on any atom is 0.416 e. The largest absolute Gasteiger partial charge is 0.416 e. The average Bonchev–Trinajstić information content (AvgIpc) is 3.18. The van der Waals surface area contributed by atoms with Gasteiger partial charge in [0.1, 0.15) is 17.5 Å². The molecule has 168 valence electrons. The average molecular weight is 446 g/mol. The number of pyridine rings is 1. The molecule has 0 saturated carbocycles. The number of rotatable bonds is 5. The summed E-state index contributed by atoms with van der Waals surface area (Å²) in [6, 6.07) is 8.86. The second-order valence-electron chi connectivity index (χ2n) is 7.64. The zero-order chi connectivity index (χ0) is 22.7. The number of ether oxygens (including phenoxy) is 1. The molecule has 4 rings (SSSR count). The van der Waals surface area contributed by atoms with Crippen molar-refractivity contribution >= 4 is 5.91 Å². The van der Waals surface area contributed by atoms with Crippen LogP contribution in [0.1, 0.15) is 39.9 Å². The SMILES string of the molecule is Cc1nonc1CC(=O)N1CCO[C@@H](c2ccc(Cc3cccc(C(F)(F)F)c3)cn2)C1. The van der Waals surface area contributed by atoms with Crippen LogP contribution in [0.15, 0.2) is 47.2 Å². The van der Waals surface area contributed by atoms with Crippen LogP contribution in [0.5, 0.6) is 0 Å². The summed E-state index contributed by atoms with van der Waals surface area (Å²) in [5.74, 6) is -0.0988. The minimum atomic E-state index is -4.37. The lowest BCUT2D eigenvalue weighted by molar-refractivity contribution is -0.138. The molecular weight excluding hydrogens is 425 g/mol. The summed E-state index contributed by atoms with van der Waals surface area (Å²) in [5, 5.41) is 7.44. The predicted octanol–water partition coefficient (Wildman–Crippen LogP) is 3.53. The first kappa shape index (κ1) is 21.9. The molecule has 1 atom stereocenters. The van der Waals surface area contributed by atoms with Crippen molar-refractivity contribution in [3.05, 3.63) is 76.4 Å². The predicted molar refractivity (Wildman–Crippen MR) is 106 cm³/mol. The van der Waals surface area contributed by atoms with Gasteiger partial charge in [0.15, 0.2) is 0 Å². The lowest BCUT2D eigenvalue weighted by Crippen LogP contribution is -2.43. The highest BCUT2D eigenvalue weighted by Gasteiger charge is 2.30. The highest BCUT2D eigenvalue weighted by molar-refractivity contribution is 5.78. The van der Waals surface area contributed by atoms with Gasteiger partial charge < -0.3 is 9.64 Å². The maximum atomic E-state index is 12.9. The number of morpholine rings is 1. The Kier molecular flexibility index (Phi) is 6.22. The second kappa shape index (κ2) is 9.07. The standard InChI is InChI=1S/C22H21F3N4O3/c1-14-19(28-32-27-14)11-21(30)29-7-8-31-20(13-29)18-6-5-16(12-26-18)9-15-3-2-4-17(10-15)22(23,24)25/h2-6,10,12,20H,7-9,11,13H2,1H3/t20-/m1/s1. The molecule has 0 N–H and O–H groups in total. The second-order valence-corrected chi connectivity index (χ2v) is 7.64. The number of alkyl halides is 3. The Morgan fingerprint density at radius 3 is 2.72 bits per heavy atom. The van der Waals surface area contributed by atoms with Gasteiger partial charge in [-0.25, -0.2) is 4.63 Å². The lowest BCUT2D eigenvalue weighted by atomic mass is 10.0. The van der Waals surface area contributed by atoms with E-state index in [9.17, 15) is 18.0 Å². The van der Waals surface area contributed by atoms with Crippen molar-refractivity contribution in [1.82, 2.24) is 20.2 Å². The number of carbonyl (C=O) groups excluding carboxylic acids is 1. The Morgan fingerprint density at radius 2 is 2.03 bits per heavy atom. The number of hydrogen-bond donors (Lipinski definition) is 0. The highest BCUT2D eigenvalue weighted by Crippen LogP contribution is 2.30. The van der Waals surface area contributed by atoms with Crippen LogP contribution in [-0.4, -0.2) is 45.8 Å². The molecule has 1 amide bonds. The molecule has 32 heavy (non-hydrogen) atoms. The van der Waals surface area contributed by atoms with Gasteiger partial charge in [0, 0.05) is 12.7 Å². The fourth-order valence-corrected chi connectivity index (χ4v) is 3.54. The first-order valence-corrected chi connectivity index (χ1v) is 10.1. The Morgan fingerprint density at radius 1 is 1.19 bits per heavy atom. The molecule has 3 aromatic rings. The monoisotopic (exact) mass is 446 g/mol. The number of nitrogens with zero attached hydrogens (tertiary/aromatic N) is 4. The van der Waals surface area contributed by atoms with Crippen LogP contribution < -0.4 is 0 Å². The summed E-state index contributed by atoms with van der Waals surface area (Å²) in [7, 11) is 0. The molecule has 0 spiro atoms. The van der Waals surface area contributed by atoms with E-state index in [1.54, 1.807) is 30.2 Å². The van der Waals surface area contributed by atoms with Gasteiger partial charge in [-0.1, -0.05) is 34.6 Å². The van der Waals surface area contributed by atoms with Crippen LogP contribution in [0, 0.1) is 6.92 Å². The van der Waals surface area contributed by atoms with E-state index >= 15 is 0 Å². The normalized spacial score (nSPS) is 16.9. The van der Waals surface area contributed by atoms with E-state index in [4.69, 9.17) is 4.74 Å². The van der Waals surface area contributed by atoms with E-state index in [1.807, 2.05) is 6.07 Å². The third-order valence-corrected chi connectivity index (χ3v) is 5.32. The topological polar surface area (TPSA) is 81.4 Å². The number of hydrogen-bond acceptors (Lipinski definition) is 6. The molecule has 7 nitrogen and oxygen atoms in total. The quantitative estimate of drug-likeness (QED) is 0.597. The van der Waals surface area contributed by atoms with Gasteiger partial charge in [-0.15, -0.1) is 0 Å². The lowest BCUT2D eigenvalue weighted by Gasteiger charge is -2.32. The minimum Gasteiger partial charge on any atom is -0.368 e. The van der Waals surface area contributed by atoms with Crippen molar-refractivity contribution in [2.24, 2.45) is 0 Å². The molecule has 0 aliphatic carbocycles. The van der Waals surface area contributed by atoms with Crippen LogP contribution >= 0.6 is 0 Å². The zero-order valence-electron chi connectivity index (χ0n) is 17.3. The molecule has 0 unspecified atom stereocenters. The molecule has 2 aromatic heterocycles. The van der Waals surface area contributed by atoms with Crippen molar-refractivity contribution < 1.29 is 27.3 Å². The molecule has 1 aromatic carbocycles. The summed E-state index contributed by atoms with van der Waals surface area (Å²) in [6.07, 6.45) is -2.69. The Balaban J connectivity index is 1.39. The van der Waals surface area contributed by atoms with Gasteiger partial charge in [0.25, 0.3) is 0 Å². The van der Waals surface area contributed by atoms with Crippen molar-refractivity contribution in [2.75, 3.05) is 19.7 Å². The fourth-order valence-electron chi connectivity index (χ4n) is 3.54. The van der Waals surface area contributed by atoms with Gasteiger partial charge in [0.2, 0.25) is 5.91 Å². The minimum absolute atomic E-state index is 0.0988. The molecule has 1 saturated heterocycles. The number of carbonyl (C=O) groups is 1. The molecule has 1 aliphatic heterocycles. The molecule has 1 aliphatic rings. The van der Waals surface area contributed by atoms with E-state index in [-0.39, 0.29) is 18.4 Å². The van der Waals surface area contributed by atoms with E-state index in [2.05, 4.69) is 19.9 Å². The third kappa shape index (κ3) is 5.13. The third-order valence-electron chi connectivity index (χ3n) is 5.32. The summed E-state index contributed by atoms with van der Waals surface area (Å²) in [4.78, 5) is 18.7. The van der Waals surface area contributed by atoms with E-state index in [0.717, 1.165) is 17.7 Å². The number of benzene rings is 1. The van der Waals surface area contributed by atoms with Gasteiger partial charge in [-0.05, 0) is 36.6 Å². The van der Waals surface area contributed by atoms with Crippen molar-refractivity contribution in [3.63, 3.8) is 0 Å². The smallest absolute Gasteiger partial charge is 0.368 e. The summed E-state index contributed by atoms with van der Waals surface area (Å²) < 4.78 is 49.2. The number of halogens is 3. The summed E-state index contributed by atoms with van der Waals surface area (Å²) in [5.41, 5.74) is 2.42. The first-order chi connectivity index (χ1) is 15.3. The van der Waals surface area contributed by atoms with Crippen LogP contribution in [0.3, 0.4) is 0 Å². The van der Waals surface area contributed by atoms with Crippen LogP contribution in [-0.2, 0) is 28.5 Å². The maximum absolute atomic E-state index is 12.9. The molecule has 0 bridgehead atoms. The summed E-state index contributed by atoms with van der Waals surface area (Å²) in [6.45, 7) is 2.92. The number of amides is 1. The van der Waals surface area contributed by atoms with Crippen molar-refractivity contribution in [2.45, 2.75) is 32.0 Å². The van der Waals surface area contributed by atoms with E-state index in [1.165, 1.54) is 6.07 Å². The zero-order valence-corrected chi connectivity index (χ0v) is 17.3. The Hall–Kier alpha value is -3.27.